The van der Waals surface area contributed by atoms with Gasteiger partial charge in [0, 0.05) is 17.3 Å². The molecule has 1 aliphatic heterocycles. The average Bonchev–Trinajstić information content (AvgIpc) is 2.15. The fourth-order valence-corrected chi connectivity index (χ4v) is 2.25. The molecule has 0 aromatic heterocycles. The number of anilines is 1. The van der Waals surface area contributed by atoms with Gasteiger partial charge in [-0.2, -0.15) is 0 Å². The van der Waals surface area contributed by atoms with Crippen LogP contribution in [0.25, 0.3) is 0 Å². The Kier molecular flexibility index (Phi) is 2.34. The van der Waals surface area contributed by atoms with Gasteiger partial charge in [-0.05, 0) is 23.5 Å². The largest absolute Gasteiger partial charge is 0.359 e. The minimum Gasteiger partial charge on any atom is -0.359 e. The lowest BCUT2D eigenvalue weighted by atomic mass is 9.74. The second-order valence-corrected chi connectivity index (χ2v) is 5.43. The summed E-state index contributed by atoms with van der Waals surface area (Å²) in [4.78, 5) is 0. The molecule has 80 valence electrons. The first-order valence-electron chi connectivity index (χ1n) is 5.52. The van der Waals surface area contributed by atoms with E-state index in [2.05, 4.69) is 56.9 Å². The van der Waals surface area contributed by atoms with E-state index in [9.17, 15) is 0 Å². The number of para-hydroxylation sites is 1. The maximum Gasteiger partial charge on any atom is 0.0414 e. The highest BCUT2D eigenvalue weighted by Gasteiger charge is 2.31. The van der Waals surface area contributed by atoms with Crippen molar-refractivity contribution >= 4 is 5.69 Å². The molecule has 1 N–H and O–H groups in total. The van der Waals surface area contributed by atoms with Crippen LogP contribution >= 0.6 is 0 Å². The molecule has 0 fully saturated rings. The highest BCUT2D eigenvalue weighted by Crippen LogP contribution is 2.39. The standard InChI is InChI=1S/C14H19N/c1-10-12(14(2,3)4)9-11-7-5-6-8-13(11)15-10/h5-8,12,15H,1,9H2,2-4H3. The van der Waals surface area contributed by atoms with Crippen molar-refractivity contribution in [3.63, 3.8) is 0 Å². The predicted molar refractivity (Wildman–Crippen MR) is 65.9 cm³/mol. The Morgan fingerprint density at radius 3 is 2.60 bits per heavy atom. The van der Waals surface area contributed by atoms with Gasteiger partial charge in [0.15, 0.2) is 0 Å². The lowest BCUT2D eigenvalue weighted by molar-refractivity contribution is 0.276. The Labute approximate surface area is 92.2 Å². The van der Waals surface area contributed by atoms with Gasteiger partial charge < -0.3 is 5.32 Å². The average molecular weight is 201 g/mol. The predicted octanol–water partition coefficient (Wildman–Crippen LogP) is 3.83. The van der Waals surface area contributed by atoms with Crippen LogP contribution in [0.3, 0.4) is 0 Å². The van der Waals surface area contributed by atoms with Crippen molar-refractivity contribution in [2.45, 2.75) is 27.2 Å². The Morgan fingerprint density at radius 1 is 1.27 bits per heavy atom. The number of benzene rings is 1. The van der Waals surface area contributed by atoms with E-state index in [-0.39, 0.29) is 5.41 Å². The first kappa shape index (κ1) is 10.3. The normalized spacial score (nSPS) is 20.7. The summed E-state index contributed by atoms with van der Waals surface area (Å²) in [5.74, 6) is 0.521. The molecule has 1 unspecified atom stereocenters. The fraction of sp³-hybridized carbons (Fsp3) is 0.429. The molecule has 0 bridgehead atoms. The summed E-state index contributed by atoms with van der Waals surface area (Å²) in [5.41, 5.74) is 4.06. The van der Waals surface area contributed by atoms with Crippen LogP contribution in [0.1, 0.15) is 26.3 Å². The molecule has 0 amide bonds. The van der Waals surface area contributed by atoms with Gasteiger partial charge in [-0.15, -0.1) is 0 Å². The van der Waals surface area contributed by atoms with Gasteiger partial charge in [0.1, 0.15) is 0 Å². The first-order chi connectivity index (χ1) is 6.98. The zero-order chi connectivity index (χ0) is 11.1. The van der Waals surface area contributed by atoms with Crippen LogP contribution in [0.5, 0.6) is 0 Å². The third-order valence-electron chi connectivity index (χ3n) is 3.20. The molecule has 1 aromatic rings. The van der Waals surface area contributed by atoms with Crippen molar-refractivity contribution in [2.24, 2.45) is 11.3 Å². The Balaban J connectivity index is 2.34. The van der Waals surface area contributed by atoms with Gasteiger partial charge in [-0.3, -0.25) is 0 Å². The van der Waals surface area contributed by atoms with Gasteiger partial charge in [0.05, 0.1) is 0 Å². The first-order valence-corrected chi connectivity index (χ1v) is 5.52. The summed E-state index contributed by atoms with van der Waals surface area (Å²) in [6.07, 6.45) is 1.10. The van der Waals surface area contributed by atoms with E-state index in [0.29, 0.717) is 5.92 Å². The van der Waals surface area contributed by atoms with E-state index in [1.807, 2.05) is 0 Å². The number of allylic oxidation sites excluding steroid dienone is 1. The Hall–Kier alpha value is -1.24. The minimum absolute atomic E-state index is 0.275. The lowest BCUT2D eigenvalue weighted by Crippen LogP contribution is -2.30. The zero-order valence-electron chi connectivity index (χ0n) is 9.80. The molecule has 1 heterocycles. The molecule has 1 nitrogen and oxygen atoms in total. The quantitative estimate of drug-likeness (QED) is 0.672. The van der Waals surface area contributed by atoms with E-state index in [4.69, 9.17) is 0 Å². The number of rotatable bonds is 0. The van der Waals surface area contributed by atoms with E-state index in [1.165, 1.54) is 11.3 Å². The smallest absolute Gasteiger partial charge is 0.0414 e. The molecule has 1 atom stereocenters. The van der Waals surface area contributed by atoms with E-state index < -0.39 is 0 Å². The summed E-state index contributed by atoms with van der Waals surface area (Å²) in [6.45, 7) is 11.0. The molecular formula is C14H19N. The maximum atomic E-state index is 4.15. The van der Waals surface area contributed by atoms with Crippen LogP contribution < -0.4 is 5.32 Å². The van der Waals surface area contributed by atoms with Gasteiger partial charge in [0.2, 0.25) is 0 Å². The summed E-state index contributed by atoms with van der Waals surface area (Å²) in [6, 6.07) is 8.50. The molecule has 0 saturated heterocycles. The molecule has 1 aromatic carbocycles. The van der Waals surface area contributed by atoms with Crippen LogP contribution in [-0.2, 0) is 6.42 Å². The second kappa shape index (κ2) is 3.41. The van der Waals surface area contributed by atoms with Crippen molar-refractivity contribution in [2.75, 3.05) is 5.32 Å². The van der Waals surface area contributed by atoms with Crippen molar-refractivity contribution in [1.29, 1.82) is 0 Å². The molecule has 0 radical (unpaired) electrons. The van der Waals surface area contributed by atoms with E-state index in [1.54, 1.807) is 0 Å². The number of nitrogens with one attached hydrogen (secondary N) is 1. The maximum absolute atomic E-state index is 4.15. The molecule has 1 heteroatoms. The summed E-state index contributed by atoms with van der Waals surface area (Å²) >= 11 is 0. The molecule has 1 aliphatic rings. The van der Waals surface area contributed by atoms with Crippen molar-refractivity contribution in [1.82, 2.24) is 0 Å². The topological polar surface area (TPSA) is 12.0 Å². The zero-order valence-corrected chi connectivity index (χ0v) is 9.80. The molecule has 0 saturated carbocycles. The van der Waals surface area contributed by atoms with Crippen molar-refractivity contribution < 1.29 is 0 Å². The fourth-order valence-electron chi connectivity index (χ4n) is 2.25. The molecule has 2 rings (SSSR count). The van der Waals surface area contributed by atoms with Gasteiger partial charge in [-0.1, -0.05) is 45.5 Å². The highest BCUT2D eigenvalue weighted by molar-refractivity contribution is 5.58. The summed E-state index contributed by atoms with van der Waals surface area (Å²) < 4.78 is 0. The second-order valence-electron chi connectivity index (χ2n) is 5.43. The number of fused-ring (bicyclic) bond motifs is 1. The Morgan fingerprint density at radius 2 is 1.93 bits per heavy atom. The SMILES string of the molecule is C=C1Nc2ccccc2CC1C(C)(C)C. The van der Waals surface area contributed by atoms with E-state index >= 15 is 0 Å². The third kappa shape index (κ3) is 1.92. The monoisotopic (exact) mass is 201 g/mol. The third-order valence-corrected chi connectivity index (χ3v) is 3.20. The van der Waals surface area contributed by atoms with Crippen molar-refractivity contribution in [3.8, 4) is 0 Å². The molecule has 15 heavy (non-hydrogen) atoms. The van der Waals surface area contributed by atoms with Gasteiger partial charge in [0.25, 0.3) is 0 Å². The number of hydrogen-bond acceptors (Lipinski definition) is 1. The minimum atomic E-state index is 0.275. The van der Waals surface area contributed by atoms with Crippen LogP contribution in [-0.4, -0.2) is 0 Å². The van der Waals surface area contributed by atoms with Crippen molar-refractivity contribution in [3.05, 3.63) is 42.1 Å². The molecule has 0 aliphatic carbocycles. The Bertz CT molecular complexity index is 385. The summed E-state index contributed by atoms with van der Waals surface area (Å²) in [7, 11) is 0. The van der Waals surface area contributed by atoms with Gasteiger partial charge >= 0.3 is 0 Å². The van der Waals surface area contributed by atoms with Crippen LogP contribution in [0.4, 0.5) is 5.69 Å². The highest BCUT2D eigenvalue weighted by atomic mass is 14.9. The summed E-state index contributed by atoms with van der Waals surface area (Å²) in [5, 5.41) is 3.42. The lowest BCUT2D eigenvalue weighted by Gasteiger charge is -2.37. The number of hydrogen-bond donors (Lipinski definition) is 1. The van der Waals surface area contributed by atoms with Crippen LogP contribution in [0.2, 0.25) is 0 Å². The molecule has 0 spiro atoms. The van der Waals surface area contributed by atoms with E-state index in [0.717, 1.165) is 12.1 Å². The van der Waals surface area contributed by atoms with Crippen LogP contribution in [0, 0.1) is 11.3 Å². The van der Waals surface area contributed by atoms with Crippen LogP contribution in [0.15, 0.2) is 36.5 Å². The van der Waals surface area contributed by atoms with Gasteiger partial charge in [-0.25, -0.2) is 0 Å². The molecular weight excluding hydrogens is 182 g/mol.